The highest BCUT2D eigenvalue weighted by atomic mass is 16.5. The SMILES string of the molecule is COc1ccc(O)c(C(=O)OCc2cc(=O)oc3cc(C)c(C)cc23)c1. The number of phenols is 1. The zero-order valence-corrected chi connectivity index (χ0v) is 14.7. The van der Waals surface area contributed by atoms with Gasteiger partial charge in [-0.05, 0) is 55.3 Å². The van der Waals surface area contributed by atoms with Gasteiger partial charge in [-0.15, -0.1) is 0 Å². The van der Waals surface area contributed by atoms with Crippen LogP contribution in [-0.2, 0) is 11.3 Å². The lowest BCUT2D eigenvalue weighted by Gasteiger charge is -2.10. The molecular weight excluding hydrogens is 336 g/mol. The summed E-state index contributed by atoms with van der Waals surface area (Å²) in [5.41, 5.74) is 2.48. The van der Waals surface area contributed by atoms with E-state index in [-0.39, 0.29) is 17.9 Å². The van der Waals surface area contributed by atoms with Gasteiger partial charge in [0, 0.05) is 17.0 Å². The van der Waals surface area contributed by atoms with E-state index in [1.807, 2.05) is 19.9 Å². The van der Waals surface area contributed by atoms with E-state index in [9.17, 15) is 14.7 Å². The van der Waals surface area contributed by atoms with E-state index in [2.05, 4.69) is 0 Å². The van der Waals surface area contributed by atoms with E-state index < -0.39 is 11.6 Å². The fourth-order valence-corrected chi connectivity index (χ4v) is 2.63. The van der Waals surface area contributed by atoms with Crippen molar-refractivity contribution in [3.8, 4) is 11.5 Å². The largest absolute Gasteiger partial charge is 0.507 e. The van der Waals surface area contributed by atoms with Crippen molar-refractivity contribution in [1.29, 1.82) is 0 Å². The summed E-state index contributed by atoms with van der Waals surface area (Å²) in [5, 5.41) is 10.6. The van der Waals surface area contributed by atoms with Gasteiger partial charge in [0.2, 0.25) is 0 Å². The molecule has 1 N–H and O–H groups in total. The quantitative estimate of drug-likeness (QED) is 0.570. The highest BCUT2D eigenvalue weighted by molar-refractivity contribution is 5.93. The van der Waals surface area contributed by atoms with E-state index in [1.165, 1.54) is 31.4 Å². The van der Waals surface area contributed by atoms with Crippen LogP contribution in [0.3, 0.4) is 0 Å². The summed E-state index contributed by atoms with van der Waals surface area (Å²) >= 11 is 0. The number of aryl methyl sites for hydroxylation is 2. The molecule has 3 aromatic rings. The maximum absolute atomic E-state index is 12.3. The van der Waals surface area contributed by atoms with Crippen LogP contribution in [0.2, 0.25) is 0 Å². The number of methoxy groups -OCH3 is 1. The second-order valence-corrected chi connectivity index (χ2v) is 5.98. The Labute approximate surface area is 149 Å². The number of carbonyl (C=O) groups excluding carboxylic acids is 1. The first-order valence-electron chi connectivity index (χ1n) is 7.97. The van der Waals surface area contributed by atoms with E-state index in [1.54, 1.807) is 6.07 Å². The van der Waals surface area contributed by atoms with Gasteiger partial charge >= 0.3 is 11.6 Å². The predicted molar refractivity (Wildman–Crippen MR) is 95.7 cm³/mol. The van der Waals surface area contributed by atoms with Crippen molar-refractivity contribution in [1.82, 2.24) is 0 Å². The first kappa shape index (κ1) is 17.5. The molecule has 0 aliphatic carbocycles. The van der Waals surface area contributed by atoms with Crippen LogP contribution in [0.5, 0.6) is 11.5 Å². The van der Waals surface area contributed by atoms with Crippen molar-refractivity contribution < 1.29 is 23.8 Å². The fourth-order valence-electron chi connectivity index (χ4n) is 2.63. The van der Waals surface area contributed by atoms with Crippen LogP contribution in [-0.4, -0.2) is 18.2 Å². The molecule has 1 aromatic heterocycles. The van der Waals surface area contributed by atoms with Crippen molar-refractivity contribution in [2.24, 2.45) is 0 Å². The maximum Gasteiger partial charge on any atom is 0.342 e. The van der Waals surface area contributed by atoms with Crippen LogP contribution in [0, 0.1) is 13.8 Å². The normalized spacial score (nSPS) is 10.7. The molecule has 0 atom stereocenters. The second-order valence-electron chi connectivity index (χ2n) is 5.98. The average molecular weight is 354 g/mol. The zero-order valence-electron chi connectivity index (χ0n) is 14.7. The molecule has 6 heteroatoms. The van der Waals surface area contributed by atoms with Gasteiger partial charge in [-0.2, -0.15) is 0 Å². The van der Waals surface area contributed by atoms with Crippen LogP contribution >= 0.6 is 0 Å². The maximum atomic E-state index is 12.3. The van der Waals surface area contributed by atoms with Gasteiger partial charge in [-0.1, -0.05) is 0 Å². The van der Waals surface area contributed by atoms with Crippen molar-refractivity contribution in [3.63, 3.8) is 0 Å². The number of rotatable bonds is 4. The molecule has 1 heterocycles. The molecule has 0 radical (unpaired) electrons. The Morgan fingerprint density at radius 2 is 1.85 bits per heavy atom. The second kappa shape index (κ2) is 6.92. The van der Waals surface area contributed by atoms with Gasteiger partial charge < -0.3 is 19.0 Å². The van der Waals surface area contributed by atoms with Crippen molar-refractivity contribution in [2.75, 3.05) is 7.11 Å². The molecule has 0 saturated carbocycles. The Bertz CT molecular complexity index is 1050. The molecule has 2 aromatic carbocycles. The molecule has 134 valence electrons. The van der Waals surface area contributed by atoms with E-state index in [0.29, 0.717) is 22.3 Å². The number of aromatic hydroxyl groups is 1. The molecule has 0 spiro atoms. The van der Waals surface area contributed by atoms with Gasteiger partial charge in [0.05, 0.1) is 7.11 Å². The summed E-state index contributed by atoms with van der Waals surface area (Å²) in [6, 6.07) is 9.25. The lowest BCUT2D eigenvalue weighted by atomic mass is 10.0. The third-order valence-corrected chi connectivity index (χ3v) is 4.23. The van der Waals surface area contributed by atoms with Gasteiger partial charge in [0.1, 0.15) is 29.3 Å². The summed E-state index contributed by atoms with van der Waals surface area (Å²) < 4.78 is 15.6. The van der Waals surface area contributed by atoms with Gasteiger partial charge in [0.25, 0.3) is 0 Å². The standard InChI is InChI=1S/C20H18O6/c1-11-6-15-13(8-19(22)26-18(15)7-12(11)2)10-25-20(23)16-9-14(24-3)4-5-17(16)21/h4-9,21H,10H2,1-3H3. The predicted octanol–water partition coefficient (Wildman–Crippen LogP) is 3.48. The van der Waals surface area contributed by atoms with Crippen LogP contribution in [0.15, 0.2) is 45.6 Å². The number of esters is 1. The van der Waals surface area contributed by atoms with Crippen molar-refractivity contribution >= 4 is 16.9 Å². The first-order chi connectivity index (χ1) is 12.4. The number of hydrogen-bond donors (Lipinski definition) is 1. The Kier molecular flexibility index (Phi) is 4.67. The highest BCUT2D eigenvalue weighted by Gasteiger charge is 2.16. The van der Waals surface area contributed by atoms with Crippen LogP contribution in [0.4, 0.5) is 0 Å². The number of carbonyl (C=O) groups is 1. The Balaban J connectivity index is 1.91. The third-order valence-electron chi connectivity index (χ3n) is 4.23. The van der Waals surface area contributed by atoms with Gasteiger partial charge in [-0.3, -0.25) is 0 Å². The smallest absolute Gasteiger partial charge is 0.342 e. The van der Waals surface area contributed by atoms with E-state index >= 15 is 0 Å². The lowest BCUT2D eigenvalue weighted by molar-refractivity contribution is 0.0470. The molecule has 0 aliphatic rings. The molecule has 0 aliphatic heterocycles. The molecule has 6 nitrogen and oxygen atoms in total. The Morgan fingerprint density at radius 1 is 1.12 bits per heavy atom. The number of hydrogen-bond acceptors (Lipinski definition) is 6. The van der Waals surface area contributed by atoms with Gasteiger partial charge in [-0.25, -0.2) is 9.59 Å². The van der Waals surface area contributed by atoms with Crippen LogP contribution < -0.4 is 10.4 Å². The first-order valence-corrected chi connectivity index (χ1v) is 7.97. The topological polar surface area (TPSA) is 86.0 Å². The summed E-state index contributed by atoms with van der Waals surface area (Å²) in [6.07, 6.45) is 0. The molecular formula is C20H18O6. The summed E-state index contributed by atoms with van der Waals surface area (Å²) in [5.74, 6) is -0.502. The number of ether oxygens (including phenoxy) is 2. The molecule has 0 fully saturated rings. The Morgan fingerprint density at radius 3 is 2.58 bits per heavy atom. The third kappa shape index (κ3) is 3.39. The van der Waals surface area contributed by atoms with E-state index in [4.69, 9.17) is 13.9 Å². The minimum absolute atomic E-state index is 0.0105. The monoisotopic (exact) mass is 354 g/mol. The van der Waals surface area contributed by atoms with Crippen molar-refractivity contribution in [2.45, 2.75) is 20.5 Å². The van der Waals surface area contributed by atoms with Gasteiger partial charge in [0.15, 0.2) is 0 Å². The lowest BCUT2D eigenvalue weighted by Crippen LogP contribution is -2.08. The molecule has 0 bridgehead atoms. The fraction of sp³-hybridized carbons (Fsp3) is 0.200. The molecule has 3 rings (SSSR count). The Hall–Kier alpha value is -3.28. The van der Waals surface area contributed by atoms with Crippen LogP contribution in [0.1, 0.15) is 27.0 Å². The zero-order chi connectivity index (χ0) is 18.8. The van der Waals surface area contributed by atoms with Crippen LogP contribution in [0.25, 0.3) is 11.0 Å². The molecule has 0 unspecified atom stereocenters. The average Bonchev–Trinajstić information content (AvgIpc) is 2.61. The summed E-state index contributed by atoms with van der Waals surface area (Å²) in [4.78, 5) is 24.1. The molecule has 0 saturated heterocycles. The van der Waals surface area contributed by atoms with E-state index in [0.717, 1.165) is 11.1 Å². The minimum Gasteiger partial charge on any atom is -0.507 e. The van der Waals surface area contributed by atoms with Crippen molar-refractivity contribution in [3.05, 3.63) is 69.1 Å². The number of fused-ring (bicyclic) bond motifs is 1. The number of benzene rings is 2. The molecule has 26 heavy (non-hydrogen) atoms. The molecule has 0 amide bonds. The highest BCUT2D eigenvalue weighted by Crippen LogP contribution is 2.25. The number of phenolic OH excluding ortho intramolecular Hbond substituents is 1. The minimum atomic E-state index is -0.716. The summed E-state index contributed by atoms with van der Waals surface area (Å²) in [7, 11) is 1.46. The summed E-state index contributed by atoms with van der Waals surface area (Å²) in [6.45, 7) is 3.75.